The van der Waals surface area contributed by atoms with Crippen molar-refractivity contribution in [2.75, 3.05) is 4.90 Å². The van der Waals surface area contributed by atoms with Crippen LogP contribution < -0.4 is 4.90 Å². The first kappa shape index (κ1) is 32.7. The topological polar surface area (TPSA) is 54.8 Å². The normalized spacial score (nSPS) is 11.5. The molecule has 0 saturated carbocycles. The van der Waals surface area contributed by atoms with Gasteiger partial charge in [0.2, 0.25) is 0 Å². The highest BCUT2D eigenvalue weighted by Crippen LogP contribution is 2.40. The number of benzene rings is 9. The fourth-order valence-electron chi connectivity index (χ4n) is 8.29. The molecule has 0 aliphatic carbocycles. The van der Waals surface area contributed by atoms with Gasteiger partial charge >= 0.3 is 0 Å². The summed E-state index contributed by atoms with van der Waals surface area (Å²) in [7, 11) is 0. The van der Waals surface area contributed by atoms with Gasteiger partial charge in [0, 0.05) is 40.2 Å². The smallest absolute Gasteiger partial charge is 0.116 e. The van der Waals surface area contributed by atoms with Crippen molar-refractivity contribution < 1.29 is 0 Å². The summed E-state index contributed by atoms with van der Waals surface area (Å²) in [6.07, 6.45) is 6.99. The van der Waals surface area contributed by atoms with Crippen LogP contribution >= 0.6 is 0 Å². The fraction of sp³-hybridized carbons (Fsp3) is 0. The molecule has 11 aromatic rings. The molecule has 0 amide bonds. The highest BCUT2D eigenvalue weighted by molar-refractivity contribution is 6.10. The Hall–Kier alpha value is -7.76. The SMILES string of the molecule is c1ccc2cc(-c3ccc4c(ccc5cc(N(c6ccc(-c7cccc8ncncc78)cc6)c6ccc(-c7cccc8ncncc78)cc6)ccc54)c3)ccc2c1. The first-order chi connectivity index (χ1) is 28.2. The maximum atomic E-state index is 4.48. The molecule has 5 nitrogen and oxygen atoms in total. The van der Waals surface area contributed by atoms with Gasteiger partial charge in [0.1, 0.15) is 12.7 Å². The second-order valence-corrected chi connectivity index (χ2v) is 14.4. The second-order valence-electron chi connectivity index (χ2n) is 14.4. The summed E-state index contributed by atoms with van der Waals surface area (Å²) >= 11 is 0. The molecule has 0 saturated heterocycles. The van der Waals surface area contributed by atoms with Gasteiger partial charge in [-0.3, -0.25) is 0 Å². The number of anilines is 3. The first-order valence-corrected chi connectivity index (χ1v) is 19.1. The van der Waals surface area contributed by atoms with Gasteiger partial charge in [0.25, 0.3) is 0 Å². The van der Waals surface area contributed by atoms with E-state index in [9.17, 15) is 0 Å². The number of fused-ring (bicyclic) bond motifs is 6. The van der Waals surface area contributed by atoms with Crippen molar-refractivity contribution in [3.8, 4) is 33.4 Å². The zero-order valence-electron chi connectivity index (χ0n) is 30.8. The van der Waals surface area contributed by atoms with Gasteiger partial charge in [-0.1, -0.05) is 115 Å². The summed E-state index contributed by atoms with van der Waals surface area (Å²) in [4.78, 5) is 19.9. The van der Waals surface area contributed by atoms with Crippen molar-refractivity contribution in [2.24, 2.45) is 0 Å². The van der Waals surface area contributed by atoms with Crippen LogP contribution in [0.15, 0.2) is 201 Å². The van der Waals surface area contributed by atoms with Gasteiger partial charge in [0.05, 0.1) is 11.0 Å². The highest BCUT2D eigenvalue weighted by Gasteiger charge is 2.16. The quantitative estimate of drug-likeness (QED) is 0.160. The van der Waals surface area contributed by atoms with E-state index >= 15 is 0 Å². The lowest BCUT2D eigenvalue weighted by Gasteiger charge is -2.26. The van der Waals surface area contributed by atoms with E-state index in [1.165, 1.54) is 43.4 Å². The molecule has 266 valence electrons. The highest BCUT2D eigenvalue weighted by atomic mass is 15.1. The standard InChI is InChI=1S/C52H33N5/c1-2-6-37-27-38(12-11-34(37)5-1)39-19-25-47-40(28-39)13-14-41-29-44(24-26-48(41)47)57(42-20-15-35(16-21-42)45-7-3-9-51-49(45)30-53-32-55-51)43-22-17-36(18-23-43)46-8-4-10-52-50(46)31-54-33-56-52/h1-33H. The maximum Gasteiger partial charge on any atom is 0.116 e. The Bertz CT molecular complexity index is 3170. The maximum absolute atomic E-state index is 4.48. The summed E-state index contributed by atoms with van der Waals surface area (Å²) in [6.45, 7) is 0. The van der Waals surface area contributed by atoms with Gasteiger partial charge in [-0.05, 0) is 126 Å². The summed E-state index contributed by atoms with van der Waals surface area (Å²) in [5.41, 5.74) is 11.9. The van der Waals surface area contributed by atoms with E-state index in [0.29, 0.717) is 0 Å². The Balaban J connectivity index is 1.00. The molecule has 0 N–H and O–H groups in total. The third kappa shape index (κ3) is 5.81. The number of hydrogen-bond donors (Lipinski definition) is 0. The van der Waals surface area contributed by atoms with E-state index in [1.54, 1.807) is 12.7 Å². The van der Waals surface area contributed by atoms with Crippen LogP contribution in [0, 0.1) is 0 Å². The van der Waals surface area contributed by atoms with E-state index in [-0.39, 0.29) is 0 Å². The minimum atomic E-state index is 0.930. The van der Waals surface area contributed by atoms with E-state index < -0.39 is 0 Å². The van der Waals surface area contributed by atoms with E-state index in [2.05, 4.69) is 189 Å². The van der Waals surface area contributed by atoms with Crippen molar-refractivity contribution in [3.63, 3.8) is 0 Å². The molecule has 0 fully saturated rings. The molecule has 11 rings (SSSR count). The van der Waals surface area contributed by atoms with Crippen molar-refractivity contribution >= 4 is 71.2 Å². The third-order valence-corrected chi connectivity index (χ3v) is 11.1. The predicted molar refractivity (Wildman–Crippen MR) is 236 cm³/mol. The lowest BCUT2D eigenvalue weighted by Crippen LogP contribution is -2.10. The number of hydrogen-bond acceptors (Lipinski definition) is 5. The third-order valence-electron chi connectivity index (χ3n) is 11.1. The Labute approximate surface area is 329 Å². The molecule has 9 aromatic carbocycles. The van der Waals surface area contributed by atoms with Crippen LogP contribution in [0.5, 0.6) is 0 Å². The van der Waals surface area contributed by atoms with Crippen LogP contribution in [0.3, 0.4) is 0 Å². The minimum Gasteiger partial charge on any atom is -0.310 e. The van der Waals surface area contributed by atoms with Gasteiger partial charge < -0.3 is 4.90 Å². The van der Waals surface area contributed by atoms with Crippen LogP contribution in [0.2, 0.25) is 0 Å². The molecule has 0 aliphatic heterocycles. The van der Waals surface area contributed by atoms with Crippen LogP contribution in [0.25, 0.3) is 87.5 Å². The molecule has 0 bridgehead atoms. The Morgan fingerprint density at radius 1 is 0.316 bits per heavy atom. The zero-order valence-corrected chi connectivity index (χ0v) is 30.8. The van der Waals surface area contributed by atoms with Crippen LogP contribution in [0.1, 0.15) is 0 Å². The summed E-state index contributed by atoms with van der Waals surface area (Å²) in [5.74, 6) is 0. The Morgan fingerprint density at radius 2 is 0.789 bits per heavy atom. The molecular formula is C52H33N5. The van der Waals surface area contributed by atoms with Crippen LogP contribution in [-0.2, 0) is 0 Å². The number of rotatable bonds is 6. The summed E-state index contributed by atoms with van der Waals surface area (Å²) < 4.78 is 0. The second kappa shape index (κ2) is 13.5. The van der Waals surface area contributed by atoms with E-state index in [0.717, 1.165) is 61.1 Å². The average molecular weight is 728 g/mol. The average Bonchev–Trinajstić information content (AvgIpc) is 3.29. The monoisotopic (exact) mass is 727 g/mol. The van der Waals surface area contributed by atoms with Crippen molar-refractivity contribution in [2.45, 2.75) is 0 Å². The molecule has 0 atom stereocenters. The summed E-state index contributed by atoms with van der Waals surface area (Å²) in [5, 5.41) is 9.44. The van der Waals surface area contributed by atoms with Gasteiger partial charge in [0.15, 0.2) is 0 Å². The molecule has 0 radical (unpaired) electrons. The molecule has 0 spiro atoms. The summed E-state index contributed by atoms with van der Waals surface area (Å²) in [6, 6.07) is 63.4. The molecule has 0 aliphatic rings. The van der Waals surface area contributed by atoms with Gasteiger partial charge in [-0.25, -0.2) is 19.9 Å². The molecule has 0 unspecified atom stereocenters. The molecular weight excluding hydrogens is 695 g/mol. The van der Waals surface area contributed by atoms with Crippen LogP contribution in [0.4, 0.5) is 17.1 Å². The largest absolute Gasteiger partial charge is 0.310 e. The lowest BCUT2D eigenvalue weighted by molar-refractivity contribution is 1.22. The first-order valence-electron chi connectivity index (χ1n) is 19.1. The molecule has 2 heterocycles. The van der Waals surface area contributed by atoms with E-state index in [4.69, 9.17) is 0 Å². The Kier molecular flexibility index (Phi) is 7.74. The number of nitrogens with zero attached hydrogens (tertiary/aromatic N) is 5. The molecule has 2 aromatic heterocycles. The van der Waals surface area contributed by atoms with Crippen molar-refractivity contribution in [1.82, 2.24) is 19.9 Å². The van der Waals surface area contributed by atoms with Crippen LogP contribution in [-0.4, -0.2) is 19.9 Å². The Morgan fingerprint density at radius 3 is 1.40 bits per heavy atom. The van der Waals surface area contributed by atoms with Gasteiger partial charge in [-0.2, -0.15) is 0 Å². The van der Waals surface area contributed by atoms with Gasteiger partial charge in [-0.15, -0.1) is 0 Å². The van der Waals surface area contributed by atoms with E-state index in [1.807, 2.05) is 24.5 Å². The van der Waals surface area contributed by atoms with Crippen molar-refractivity contribution in [3.05, 3.63) is 201 Å². The zero-order chi connectivity index (χ0) is 37.7. The van der Waals surface area contributed by atoms with Crippen molar-refractivity contribution in [1.29, 1.82) is 0 Å². The lowest BCUT2D eigenvalue weighted by atomic mass is 9.96. The molecule has 5 heteroatoms. The molecule has 57 heavy (non-hydrogen) atoms. The fourth-order valence-corrected chi connectivity index (χ4v) is 8.29. The number of aromatic nitrogens is 4. The predicted octanol–water partition coefficient (Wildman–Crippen LogP) is 13.5. The minimum absolute atomic E-state index is 0.930.